The van der Waals surface area contributed by atoms with Gasteiger partial charge in [0.05, 0.1) is 6.61 Å². The van der Waals surface area contributed by atoms with Crippen LogP contribution in [0, 0.1) is 0 Å². The van der Waals surface area contributed by atoms with Crippen LogP contribution in [0.1, 0.15) is 30.4 Å². The molecule has 27 heavy (non-hydrogen) atoms. The van der Waals surface area contributed by atoms with E-state index in [1.807, 2.05) is 72.8 Å². The number of cyclic esters (lactones) is 1. The van der Waals surface area contributed by atoms with E-state index in [0.29, 0.717) is 6.61 Å². The highest BCUT2D eigenvalue weighted by molar-refractivity contribution is 5.99. The summed E-state index contributed by atoms with van der Waals surface area (Å²) in [6.45, 7) is 1.34. The second kappa shape index (κ2) is 9.53. The summed E-state index contributed by atoms with van der Waals surface area (Å²) in [6.07, 6.45) is 6.45. The average Bonchev–Trinajstić information content (AvgIpc) is 3.10. The molecule has 138 valence electrons. The highest BCUT2D eigenvalue weighted by Crippen LogP contribution is 2.17. The van der Waals surface area contributed by atoms with Gasteiger partial charge in [0.2, 0.25) is 5.91 Å². The third-order valence-corrected chi connectivity index (χ3v) is 4.34. The molecule has 0 bridgehead atoms. The molecule has 2 aromatic carbocycles. The molecule has 1 N–H and O–H groups in total. The van der Waals surface area contributed by atoms with Gasteiger partial charge in [0, 0.05) is 17.7 Å². The van der Waals surface area contributed by atoms with Gasteiger partial charge in [-0.05, 0) is 42.5 Å². The number of rotatable bonds is 2. The van der Waals surface area contributed by atoms with Crippen LogP contribution in [0.3, 0.4) is 0 Å². The fourth-order valence-electron chi connectivity index (χ4n) is 2.93. The normalized spacial score (nSPS) is 19.3. The maximum Gasteiger partial charge on any atom is 0.334 e. The number of carbonyl (C=O) groups excluding carboxylic acids is 2. The van der Waals surface area contributed by atoms with Crippen molar-refractivity contribution in [2.75, 3.05) is 13.2 Å². The van der Waals surface area contributed by atoms with Crippen LogP contribution in [0.2, 0.25) is 0 Å². The summed E-state index contributed by atoms with van der Waals surface area (Å²) in [7, 11) is 0. The zero-order chi connectivity index (χ0) is 18.9. The molecule has 2 aliphatic heterocycles. The van der Waals surface area contributed by atoms with Gasteiger partial charge in [-0.1, -0.05) is 60.7 Å². The Balaban J connectivity index is 0.000000156. The molecule has 4 heteroatoms. The zero-order valence-electron chi connectivity index (χ0n) is 15.2. The third-order valence-electron chi connectivity index (χ3n) is 4.34. The van der Waals surface area contributed by atoms with E-state index in [0.717, 1.165) is 48.1 Å². The highest BCUT2D eigenvalue weighted by Gasteiger charge is 2.16. The minimum absolute atomic E-state index is 0.0730. The topological polar surface area (TPSA) is 55.4 Å². The smallest absolute Gasteiger partial charge is 0.334 e. The van der Waals surface area contributed by atoms with Crippen molar-refractivity contribution in [1.82, 2.24) is 5.32 Å². The van der Waals surface area contributed by atoms with Crippen molar-refractivity contribution >= 4 is 24.0 Å². The number of ether oxygens (including phenoxy) is 1. The van der Waals surface area contributed by atoms with Gasteiger partial charge in [0.1, 0.15) is 0 Å². The Bertz CT molecular complexity index is 838. The highest BCUT2D eigenvalue weighted by atomic mass is 16.5. The van der Waals surface area contributed by atoms with Crippen molar-refractivity contribution < 1.29 is 14.3 Å². The molecule has 0 aromatic heterocycles. The monoisotopic (exact) mass is 361 g/mol. The largest absolute Gasteiger partial charge is 0.462 e. The van der Waals surface area contributed by atoms with Crippen LogP contribution in [-0.2, 0) is 14.3 Å². The molecule has 0 atom stereocenters. The maximum absolute atomic E-state index is 11.3. The average molecular weight is 361 g/mol. The summed E-state index contributed by atoms with van der Waals surface area (Å²) in [6, 6.07) is 19.7. The van der Waals surface area contributed by atoms with Crippen molar-refractivity contribution in [3.05, 3.63) is 82.9 Å². The van der Waals surface area contributed by atoms with Gasteiger partial charge in [-0.15, -0.1) is 0 Å². The minimum atomic E-state index is -0.167. The van der Waals surface area contributed by atoms with E-state index in [2.05, 4.69) is 5.32 Å². The lowest BCUT2D eigenvalue weighted by Crippen LogP contribution is -2.15. The van der Waals surface area contributed by atoms with Crippen LogP contribution in [0.25, 0.3) is 12.2 Å². The standard InChI is InChI=1S/C12H12O2.C11H11NO/c13-12-11(7-4-8-14-12)9-10-5-2-1-3-6-10;13-11-10(6-7-12-11)8-9-4-2-1-3-5-9/h1-3,5-6,9H,4,7-8H2;1-5,8H,6-7H2,(H,12,13). The Labute approximate surface area is 159 Å². The van der Waals surface area contributed by atoms with Crippen molar-refractivity contribution in [3.8, 4) is 0 Å². The first-order valence-electron chi connectivity index (χ1n) is 9.19. The van der Waals surface area contributed by atoms with Gasteiger partial charge >= 0.3 is 5.97 Å². The van der Waals surface area contributed by atoms with Gasteiger partial charge in [-0.25, -0.2) is 4.79 Å². The second-order valence-corrected chi connectivity index (χ2v) is 6.41. The summed E-state index contributed by atoms with van der Waals surface area (Å²) in [5, 5.41) is 2.78. The van der Waals surface area contributed by atoms with Crippen LogP contribution >= 0.6 is 0 Å². The molecule has 2 fully saturated rings. The molecule has 2 aliphatic rings. The molecule has 0 radical (unpaired) electrons. The lowest BCUT2D eigenvalue weighted by molar-refractivity contribution is -0.141. The van der Waals surface area contributed by atoms with Gasteiger partial charge < -0.3 is 10.1 Å². The van der Waals surface area contributed by atoms with Crippen molar-refractivity contribution in [1.29, 1.82) is 0 Å². The Hall–Kier alpha value is -3.14. The molecule has 0 saturated carbocycles. The molecule has 0 unspecified atom stereocenters. The molecule has 1 amide bonds. The Morgan fingerprint density at radius 2 is 1.37 bits per heavy atom. The van der Waals surface area contributed by atoms with Crippen molar-refractivity contribution in [2.24, 2.45) is 0 Å². The number of hydrogen-bond acceptors (Lipinski definition) is 3. The van der Waals surface area contributed by atoms with E-state index >= 15 is 0 Å². The zero-order valence-corrected chi connectivity index (χ0v) is 15.2. The fraction of sp³-hybridized carbons (Fsp3) is 0.217. The molecule has 4 nitrogen and oxygen atoms in total. The van der Waals surface area contributed by atoms with Gasteiger partial charge in [0.25, 0.3) is 0 Å². The molecular formula is C23H23NO3. The second-order valence-electron chi connectivity index (χ2n) is 6.41. The van der Waals surface area contributed by atoms with E-state index in [1.54, 1.807) is 0 Å². The molecule has 2 aromatic rings. The van der Waals surface area contributed by atoms with E-state index in [9.17, 15) is 9.59 Å². The molecule has 2 heterocycles. The Morgan fingerprint density at radius 1 is 0.778 bits per heavy atom. The molecule has 2 saturated heterocycles. The first-order valence-corrected chi connectivity index (χ1v) is 9.19. The first-order chi connectivity index (χ1) is 13.2. The van der Waals surface area contributed by atoms with Gasteiger partial charge in [-0.3, -0.25) is 4.79 Å². The first kappa shape index (κ1) is 18.6. The van der Waals surface area contributed by atoms with E-state index in [4.69, 9.17) is 4.74 Å². The van der Waals surface area contributed by atoms with Crippen LogP contribution in [0.15, 0.2) is 71.8 Å². The summed E-state index contributed by atoms with van der Waals surface area (Å²) in [4.78, 5) is 22.5. The summed E-state index contributed by atoms with van der Waals surface area (Å²) >= 11 is 0. The SMILES string of the molecule is O=C1NCCC1=Cc1ccccc1.O=C1OCCCC1=Cc1ccccc1. The van der Waals surface area contributed by atoms with E-state index < -0.39 is 0 Å². The van der Waals surface area contributed by atoms with Crippen molar-refractivity contribution in [3.63, 3.8) is 0 Å². The molecule has 0 spiro atoms. The lowest BCUT2D eigenvalue weighted by Gasteiger charge is -2.13. The third kappa shape index (κ3) is 5.68. The number of esters is 1. The quantitative estimate of drug-likeness (QED) is 0.650. The minimum Gasteiger partial charge on any atom is -0.462 e. The van der Waals surface area contributed by atoms with E-state index in [-0.39, 0.29) is 11.9 Å². The number of nitrogens with one attached hydrogen (secondary N) is 1. The fourth-order valence-corrected chi connectivity index (χ4v) is 2.93. The van der Waals surface area contributed by atoms with Crippen LogP contribution in [0.5, 0.6) is 0 Å². The van der Waals surface area contributed by atoms with Gasteiger partial charge in [0.15, 0.2) is 0 Å². The number of hydrogen-bond donors (Lipinski definition) is 1. The number of benzene rings is 2. The summed E-state index contributed by atoms with van der Waals surface area (Å²) in [5.41, 5.74) is 3.81. The summed E-state index contributed by atoms with van der Waals surface area (Å²) < 4.78 is 4.96. The summed E-state index contributed by atoms with van der Waals surface area (Å²) in [5.74, 6) is -0.0936. The maximum atomic E-state index is 11.3. The Kier molecular flexibility index (Phi) is 6.58. The Morgan fingerprint density at radius 3 is 1.89 bits per heavy atom. The van der Waals surface area contributed by atoms with Crippen LogP contribution < -0.4 is 5.32 Å². The van der Waals surface area contributed by atoms with Gasteiger partial charge in [-0.2, -0.15) is 0 Å². The number of carbonyl (C=O) groups is 2. The van der Waals surface area contributed by atoms with Crippen LogP contribution in [0.4, 0.5) is 0 Å². The van der Waals surface area contributed by atoms with Crippen LogP contribution in [-0.4, -0.2) is 25.0 Å². The predicted molar refractivity (Wildman–Crippen MR) is 107 cm³/mol. The molecular weight excluding hydrogens is 338 g/mol. The van der Waals surface area contributed by atoms with E-state index in [1.165, 1.54) is 0 Å². The molecule has 0 aliphatic carbocycles. The number of amides is 1. The lowest BCUT2D eigenvalue weighted by atomic mass is 10.1. The van der Waals surface area contributed by atoms with Crippen molar-refractivity contribution in [2.45, 2.75) is 19.3 Å². The predicted octanol–water partition coefficient (Wildman–Crippen LogP) is 4.00. The molecule has 4 rings (SSSR count).